The molecule has 8 heteroatoms. The smallest absolute Gasteiger partial charge is 0.232 e. The van der Waals surface area contributed by atoms with Crippen LogP contribution in [0.25, 0.3) is 0 Å². The van der Waals surface area contributed by atoms with E-state index in [0.717, 1.165) is 5.56 Å². The Hall–Kier alpha value is -2.16. The van der Waals surface area contributed by atoms with Crippen molar-refractivity contribution in [3.05, 3.63) is 29.8 Å². The van der Waals surface area contributed by atoms with E-state index in [1.165, 1.54) is 6.21 Å². The topological polar surface area (TPSA) is 132 Å². The first-order chi connectivity index (χ1) is 7.58. The van der Waals surface area contributed by atoms with Gasteiger partial charge in [-0.3, -0.25) is 10.4 Å². The highest BCUT2D eigenvalue weighted by atomic mass is 16.8. The summed E-state index contributed by atoms with van der Waals surface area (Å²) in [4.78, 5) is 0. The molecule has 0 atom stereocenters. The molecule has 0 radical (unpaired) electrons. The lowest BCUT2D eigenvalue weighted by Gasteiger charge is -2.05. The predicted molar refractivity (Wildman–Crippen MR) is 58.6 cm³/mol. The summed E-state index contributed by atoms with van der Waals surface area (Å²) in [7, 11) is 0. The second-order valence-corrected chi connectivity index (χ2v) is 2.80. The molecular weight excluding hydrogens is 212 g/mol. The number of hydrogen-bond acceptors (Lipinski definition) is 6. The van der Waals surface area contributed by atoms with Gasteiger partial charge in [-0.05, 0) is 17.7 Å². The number of nitrogen functional groups attached to an aromatic ring is 1. The Kier molecular flexibility index (Phi) is 4.21. The third-order valence-electron chi connectivity index (χ3n) is 1.52. The highest BCUT2D eigenvalue weighted by molar-refractivity contribution is 5.82. The number of benzene rings is 1. The molecule has 0 spiro atoms. The Morgan fingerprint density at radius 2 is 1.94 bits per heavy atom. The number of hydrazine groups is 1. The molecule has 1 aromatic carbocycles. The summed E-state index contributed by atoms with van der Waals surface area (Å²) < 4.78 is 0. The summed E-state index contributed by atoms with van der Waals surface area (Å²) in [6.45, 7) is 0. The average Bonchev–Trinajstić information content (AvgIpc) is 2.20. The summed E-state index contributed by atoms with van der Waals surface area (Å²) >= 11 is 0. The van der Waals surface area contributed by atoms with Gasteiger partial charge in [0.05, 0.1) is 6.21 Å². The van der Waals surface area contributed by atoms with E-state index in [-0.39, 0.29) is 11.3 Å². The fraction of sp³-hybridized carbons (Fsp3) is 0. The number of nitrogens with zero attached hydrogens (tertiary/aromatic N) is 3. The maximum Gasteiger partial charge on any atom is 0.232 e. The van der Waals surface area contributed by atoms with Crippen molar-refractivity contribution in [2.75, 3.05) is 5.73 Å². The summed E-state index contributed by atoms with van der Waals surface area (Å²) in [5.74, 6) is -0.267. The highest BCUT2D eigenvalue weighted by Crippen LogP contribution is 2.02. The Balaban J connectivity index is 2.57. The zero-order chi connectivity index (χ0) is 12.0. The van der Waals surface area contributed by atoms with Gasteiger partial charge in [0, 0.05) is 11.0 Å². The Morgan fingerprint density at radius 1 is 1.31 bits per heavy atom. The molecule has 0 unspecified atom stereocenters. The number of nitrogens with two attached hydrogens (primary N) is 2. The molecule has 0 aliphatic heterocycles. The fourth-order valence-corrected chi connectivity index (χ4v) is 0.865. The molecule has 1 aromatic rings. The zero-order valence-corrected chi connectivity index (χ0v) is 8.28. The van der Waals surface area contributed by atoms with Crippen LogP contribution in [0.15, 0.2) is 34.5 Å². The molecule has 8 nitrogen and oxygen atoms in total. The molecule has 0 bridgehead atoms. The first-order valence-corrected chi connectivity index (χ1v) is 4.24. The molecule has 0 saturated carbocycles. The minimum Gasteiger partial charge on any atom is -0.399 e. The molecular formula is C8H12N6O2. The predicted octanol–water partition coefficient (Wildman–Crippen LogP) is -0.498. The van der Waals surface area contributed by atoms with Crippen molar-refractivity contribution in [2.45, 2.75) is 0 Å². The number of anilines is 1. The molecule has 86 valence electrons. The van der Waals surface area contributed by atoms with E-state index in [1.807, 2.05) is 5.43 Å². The van der Waals surface area contributed by atoms with Crippen LogP contribution in [0.3, 0.4) is 0 Å². The van der Waals surface area contributed by atoms with Gasteiger partial charge < -0.3 is 11.5 Å². The van der Waals surface area contributed by atoms with Crippen molar-refractivity contribution in [3.8, 4) is 0 Å². The normalized spacial score (nSPS) is 12.3. The summed E-state index contributed by atoms with van der Waals surface area (Å²) in [6.07, 6.45) is 1.44. The average molecular weight is 224 g/mol. The zero-order valence-electron chi connectivity index (χ0n) is 8.28. The van der Waals surface area contributed by atoms with Gasteiger partial charge in [0.1, 0.15) is 0 Å². The van der Waals surface area contributed by atoms with Crippen LogP contribution in [0.2, 0.25) is 0 Å². The lowest BCUT2D eigenvalue weighted by molar-refractivity contribution is -0.329. The molecule has 0 amide bonds. The van der Waals surface area contributed by atoms with Crippen molar-refractivity contribution in [2.24, 2.45) is 15.9 Å². The van der Waals surface area contributed by atoms with Crippen LogP contribution in [0.1, 0.15) is 5.56 Å². The van der Waals surface area contributed by atoms with Crippen molar-refractivity contribution < 1.29 is 10.4 Å². The second-order valence-electron chi connectivity index (χ2n) is 2.80. The number of hydrogen-bond donors (Lipinski definition) is 5. The van der Waals surface area contributed by atoms with Crippen LogP contribution in [0, 0.1) is 0 Å². The van der Waals surface area contributed by atoms with E-state index in [4.69, 9.17) is 21.9 Å². The van der Waals surface area contributed by atoms with Gasteiger partial charge in [-0.1, -0.05) is 12.1 Å². The first-order valence-electron chi connectivity index (χ1n) is 4.24. The fourth-order valence-electron chi connectivity index (χ4n) is 0.865. The number of guanidine groups is 1. The summed E-state index contributed by atoms with van der Waals surface area (Å²) in [5.41, 5.74) is 14.0. The van der Waals surface area contributed by atoms with Gasteiger partial charge in [0.2, 0.25) is 5.96 Å². The van der Waals surface area contributed by atoms with Crippen molar-refractivity contribution in [3.63, 3.8) is 0 Å². The molecule has 0 fully saturated rings. The van der Waals surface area contributed by atoms with E-state index in [0.29, 0.717) is 5.69 Å². The lowest BCUT2D eigenvalue weighted by Crippen LogP contribution is -2.41. The molecule has 1 rings (SSSR count). The van der Waals surface area contributed by atoms with Crippen LogP contribution >= 0.6 is 0 Å². The van der Waals surface area contributed by atoms with E-state index in [9.17, 15) is 0 Å². The maximum absolute atomic E-state index is 8.32. The van der Waals surface area contributed by atoms with Crippen LogP contribution in [-0.2, 0) is 0 Å². The van der Waals surface area contributed by atoms with Crippen molar-refractivity contribution in [1.29, 1.82) is 0 Å². The van der Waals surface area contributed by atoms with E-state index in [2.05, 4.69) is 10.2 Å². The van der Waals surface area contributed by atoms with Gasteiger partial charge in [0.15, 0.2) is 0 Å². The monoisotopic (exact) mass is 224 g/mol. The van der Waals surface area contributed by atoms with Gasteiger partial charge in [-0.2, -0.15) is 5.10 Å². The quantitative estimate of drug-likeness (QED) is 0.203. The van der Waals surface area contributed by atoms with E-state index < -0.39 is 0 Å². The summed E-state index contributed by atoms with van der Waals surface area (Å²) in [5, 5.41) is 23.4. The Morgan fingerprint density at radius 3 is 2.50 bits per heavy atom. The largest absolute Gasteiger partial charge is 0.399 e. The maximum atomic E-state index is 8.32. The molecule has 0 saturated heterocycles. The summed E-state index contributed by atoms with van der Waals surface area (Å²) in [6, 6.07) is 6.94. The van der Waals surface area contributed by atoms with Crippen LogP contribution in [0.4, 0.5) is 5.69 Å². The standard InChI is InChI=1S/C8H12N6O2/c9-7-3-1-6(2-4-7)5-11-12-8(10)13-14(15)16/h1-5,15-16H,9H2,(H3,10,12,13). The molecule has 0 aromatic heterocycles. The number of rotatable bonds is 3. The minimum atomic E-state index is -0.322. The Bertz CT molecular complexity index is 386. The molecule has 7 N–H and O–H groups in total. The second kappa shape index (κ2) is 5.66. The van der Waals surface area contributed by atoms with Crippen LogP contribution in [0.5, 0.6) is 0 Å². The first kappa shape index (κ1) is 11.9. The lowest BCUT2D eigenvalue weighted by atomic mass is 10.2. The Labute approximate surface area is 91.4 Å². The molecule has 0 heterocycles. The van der Waals surface area contributed by atoms with Gasteiger partial charge >= 0.3 is 0 Å². The molecule has 16 heavy (non-hydrogen) atoms. The van der Waals surface area contributed by atoms with Crippen molar-refractivity contribution in [1.82, 2.24) is 10.8 Å². The van der Waals surface area contributed by atoms with Crippen LogP contribution in [-0.4, -0.2) is 27.9 Å². The third kappa shape index (κ3) is 4.37. The SMILES string of the molecule is NC(=NN=Cc1ccc(N)cc1)NN(O)O. The molecule has 0 aliphatic carbocycles. The van der Waals surface area contributed by atoms with Gasteiger partial charge in [0.25, 0.3) is 0 Å². The van der Waals surface area contributed by atoms with E-state index >= 15 is 0 Å². The van der Waals surface area contributed by atoms with Gasteiger partial charge in [-0.25, -0.2) is 5.43 Å². The minimum absolute atomic E-state index is 0.267. The van der Waals surface area contributed by atoms with E-state index in [1.54, 1.807) is 24.3 Å². The van der Waals surface area contributed by atoms with Crippen molar-refractivity contribution >= 4 is 17.9 Å². The molecule has 0 aliphatic rings. The van der Waals surface area contributed by atoms with Crippen LogP contribution < -0.4 is 16.9 Å². The highest BCUT2D eigenvalue weighted by Gasteiger charge is 1.93. The number of nitrogens with one attached hydrogen (secondary N) is 1. The van der Waals surface area contributed by atoms with Gasteiger partial charge in [-0.15, -0.1) is 5.10 Å². The third-order valence-corrected chi connectivity index (χ3v) is 1.52.